The molecule has 1 fully saturated rings. The van der Waals surface area contributed by atoms with Crippen LogP contribution in [0.4, 0.5) is 8.78 Å². The maximum Gasteiger partial charge on any atom is 0.309 e. The number of esters is 1. The molecule has 0 spiro atoms. The lowest BCUT2D eigenvalue weighted by molar-refractivity contribution is -0.151. The normalized spacial score (nSPS) is 14.9. The molecule has 0 N–H and O–H groups in total. The number of carbonyl (C=O) groups excluding carboxylic acids is 2. The highest BCUT2D eigenvalue weighted by atomic mass is 35.5. The van der Waals surface area contributed by atoms with Crippen molar-refractivity contribution in [2.75, 3.05) is 13.1 Å². The average Bonchev–Trinajstić information content (AvgIpc) is 2.67. The second-order valence-electron chi connectivity index (χ2n) is 6.42. The topological polar surface area (TPSA) is 46.6 Å². The Kier molecular flexibility index (Phi) is 6.06. The van der Waals surface area contributed by atoms with Gasteiger partial charge in [-0.05, 0) is 42.7 Å². The third-order valence-corrected chi connectivity index (χ3v) is 4.82. The van der Waals surface area contributed by atoms with Gasteiger partial charge in [-0.1, -0.05) is 23.7 Å². The molecular weight excluding hydrogens is 376 g/mol. The molecule has 1 amide bonds. The van der Waals surface area contributed by atoms with E-state index in [2.05, 4.69) is 0 Å². The van der Waals surface area contributed by atoms with Crippen LogP contribution in [0.2, 0.25) is 5.02 Å². The summed E-state index contributed by atoms with van der Waals surface area (Å²) in [6, 6.07) is 9.90. The van der Waals surface area contributed by atoms with Gasteiger partial charge < -0.3 is 9.64 Å². The first-order valence-corrected chi connectivity index (χ1v) is 8.97. The third kappa shape index (κ3) is 4.83. The zero-order valence-electron chi connectivity index (χ0n) is 14.5. The molecule has 0 unspecified atom stereocenters. The molecule has 0 radical (unpaired) electrons. The summed E-state index contributed by atoms with van der Waals surface area (Å²) in [4.78, 5) is 26.1. The first kappa shape index (κ1) is 19.3. The summed E-state index contributed by atoms with van der Waals surface area (Å²) in [5, 5.41) is 0.611. The summed E-state index contributed by atoms with van der Waals surface area (Å²) in [5.41, 5.74) is 0.673. The van der Waals surface area contributed by atoms with Crippen molar-refractivity contribution in [1.29, 1.82) is 0 Å². The fourth-order valence-electron chi connectivity index (χ4n) is 3.00. The second kappa shape index (κ2) is 8.48. The number of nitrogens with zero attached hydrogens (tertiary/aromatic N) is 1. The van der Waals surface area contributed by atoms with Crippen molar-refractivity contribution in [3.63, 3.8) is 0 Å². The SMILES string of the molecule is O=C(OCc1ccc(Cl)cc1)C1CCN(C(=O)c2ccc(F)cc2F)CC1. The molecule has 1 saturated heterocycles. The predicted molar refractivity (Wildman–Crippen MR) is 96.2 cm³/mol. The number of likely N-dealkylation sites (tertiary alicyclic amines) is 1. The fraction of sp³-hybridized carbons (Fsp3) is 0.300. The maximum absolute atomic E-state index is 13.8. The Morgan fingerprint density at radius 3 is 2.37 bits per heavy atom. The van der Waals surface area contributed by atoms with Gasteiger partial charge >= 0.3 is 5.97 Å². The number of hydrogen-bond donors (Lipinski definition) is 0. The number of amides is 1. The van der Waals surface area contributed by atoms with Crippen LogP contribution in [0.5, 0.6) is 0 Å². The molecule has 1 aliphatic heterocycles. The molecule has 0 bridgehead atoms. The van der Waals surface area contributed by atoms with E-state index in [1.54, 1.807) is 24.3 Å². The highest BCUT2D eigenvalue weighted by Gasteiger charge is 2.29. The molecule has 1 heterocycles. The highest BCUT2D eigenvalue weighted by molar-refractivity contribution is 6.30. The first-order valence-electron chi connectivity index (χ1n) is 8.59. The van der Waals surface area contributed by atoms with E-state index in [9.17, 15) is 18.4 Å². The first-order chi connectivity index (χ1) is 12.9. The van der Waals surface area contributed by atoms with Crippen LogP contribution in [0.25, 0.3) is 0 Å². The van der Waals surface area contributed by atoms with Crippen molar-refractivity contribution in [3.8, 4) is 0 Å². The molecule has 0 aliphatic carbocycles. The molecule has 142 valence electrons. The van der Waals surface area contributed by atoms with E-state index >= 15 is 0 Å². The van der Waals surface area contributed by atoms with Gasteiger partial charge in [-0.2, -0.15) is 0 Å². The van der Waals surface area contributed by atoms with Gasteiger partial charge in [0.05, 0.1) is 11.5 Å². The lowest BCUT2D eigenvalue weighted by atomic mass is 9.96. The smallest absolute Gasteiger partial charge is 0.309 e. The van der Waals surface area contributed by atoms with Gasteiger partial charge in [0.1, 0.15) is 18.2 Å². The number of piperidine rings is 1. The Morgan fingerprint density at radius 1 is 1.07 bits per heavy atom. The van der Waals surface area contributed by atoms with Crippen LogP contribution >= 0.6 is 11.6 Å². The molecule has 4 nitrogen and oxygen atoms in total. The minimum atomic E-state index is -0.885. The van der Waals surface area contributed by atoms with Gasteiger partial charge in [-0.3, -0.25) is 9.59 Å². The Hall–Kier alpha value is -2.47. The summed E-state index contributed by atoms with van der Waals surface area (Å²) in [6.45, 7) is 0.794. The summed E-state index contributed by atoms with van der Waals surface area (Å²) >= 11 is 5.82. The largest absolute Gasteiger partial charge is 0.461 e. The van der Waals surface area contributed by atoms with E-state index in [1.807, 2.05) is 0 Å². The monoisotopic (exact) mass is 393 g/mol. The van der Waals surface area contributed by atoms with Gasteiger partial charge in [-0.15, -0.1) is 0 Å². The standard InChI is InChI=1S/C20H18ClF2NO3/c21-15-3-1-13(2-4-15)12-27-20(26)14-7-9-24(10-8-14)19(25)17-6-5-16(22)11-18(17)23/h1-6,11,14H,7-10,12H2. The van der Waals surface area contributed by atoms with Crippen LogP contribution in [0.3, 0.4) is 0 Å². The van der Waals surface area contributed by atoms with E-state index < -0.39 is 17.5 Å². The average molecular weight is 394 g/mol. The van der Waals surface area contributed by atoms with Gasteiger partial charge in [0.2, 0.25) is 0 Å². The van der Waals surface area contributed by atoms with Crippen molar-refractivity contribution in [1.82, 2.24) is 4.90 Å². The van der Waals surface area contributed by atoms with Crippen molar-refractivity contribution >= 4 is 23.5 Å². The van der Waals surface area contributed by atoms with Crippen LogP contribution in [0, 0.1) is 17.6 Å². The van der Waals surface area contributed by atoms with Gasteiger partial charge in [0.15, 0.2) is 0 Å². The molecular formula is C20H18ClF2NO3. The minimum absolute atomic E-state index is 0.163. The van der Waals surface area contributed by atoms with E-state index in [0.717, 1.165) is 17.7 Å². The van der Waals surface area contributed by atoms with Crippen LogP contribution in [0.1, 0.15) is 28.8 Å². The van der Waals surface area contributed by atoms with E-state index in [0.29, 0.717) is 37.0 Å². The number of hydrogen-bond acceptors (Lipinski definition) is 3. The van der Waals surface area contributed by atoms with Gasteiger partial charge in [0, 0.05) is 24.2 Å². The number of rotatable bonds is 4. The van der Waals surface area contributed by atoms with Crippen LogP contribution in [-0.2, 0) is 16.1 Å². The molecule has 0 aromatic heterocycles. The van der Waals surface area contributed by atoms with E-state index in [4.69, 9.17) is 16.3 Å². The third-order valence-electron chi connectivity index (χ3n) is 4.57. The zero-order chi connectivity index (χ0) is 19.4. The van der Waals surface area contributed by atoms with Crippen LogP contribution in [-0.4, -0.2) is 29.9 Å². The summed E-state index contributed by atoms with van der Waals surface area (Å²) in [6.07, 6.45) is 0.877. The van der Waals surface area contributed by atoms with Crippen LogP contribution < -0.4 is 0 Å². The number of ether oxygens (including phenoxy) is 1. The molecule has 27 heavy (non-hydrogen) atoms. The predicted octanol–water partition coefficient (Wildman–Crippen LogP) is 4.21. The zero-order valence-corrected chi connectivity index (χ0v) is 15.2. The maximum atomic E-state index is 13.8. The Morgan fingerprint density at radius 2 is 1.74 bits per heavy atom. The summed E-state index contributed by atoms with van der Waals surface area (Å²) < 4.78 is 32.1. The van der Waals surface area contributed by atoms with E-state index in [1.165, 1.54) is 4.90 Å². The Bertz CT molecular complexity index is 834. The molecule has 0 saturated carbocycles. The molecule has 3 rings (SSSR count). The van der Waals surface area contributed by atoms with Crippen molar-refractivity contribution < 1.29 is 23.1 Å². The quantitative estimate of drug-likeness (QED) is 0.731. The lowest BCUT2D eigenvalue weighted by Gasteiger charge is -2.31. The van der Waals surface area contributed by atoms with Gasteiger partial charge in [0.25, 0.3) is 5.91 Å². The molecule has 1 aliphatic rings. The number of benzene rings is 2. The van der Waals surface area contributed by atoms with Crippen molar-refractivity contribution in [2.24, 2.45) is 5.92 Å². The lowest BCUT2D eigenvalue weighted by Crippen LogP contribution is -2.41. The second-order valence-corrected chi connectivity index (χ2v) is 6.86. The number of halogens is 3. The minimum Gasteiger partial charge on any atom is -0.461 e. The van der Waals surface area contributed by atoms with E-state index in [-0.39, 0.29) is 24.1 Å². The highest BCUT2D eigenvalue weighted by Crippen LogP contribution is 2.22. The molecule has 2 aromatic rings. The number of carbonyl (C=O) groups is 2. The molecule has 2 aromatic carbocycles. The molecule has 7 heteroatoms. The van der Waals surface area contributed by atoms with Crippen LogP contribution in [0.15, 0.2) is 42.5 Å². The Balaban J connectivity index is 1.51. The molecule has 0 atom stereocenters. The summed E-state index contributed by atoms with van der Waals surface area (Å²) in [5.74, 6) is -2.74. The van der Waals surface area contributed by atoms with Crippen molar-refractivity contribution in [2.45, 2.75) is 19.4 Å². The van der Waals surface area contributed by atoms with Crippen molar-refractivity contribution in [3.05, 3.63) is 70.2 Å². The fourth-order valence-corrected chi connectivity index (χ4v) is 3.13. The Labute approximate surface area is 160 Å². The summed E-state index contributed by atoms with van der Waals surface area (Å²) in [7, 11) is 0. The van der Waals surface area contributed by atoms with Gasteiger partial charge in [-0.25, -0.2) is 8.78 Å².